The molecule has 2 aromatic carbocycles. The molecule has 0 amide bonds. The molecule has 1 aromatic heterocycles. The van der Waals surface area contributed by atoms with Crippen molar-refractivity contribution in [2.24, 2.45) is 0 Å². The van der Waals surface area contributed by atoms with Crippen molar-refractivity contribution in [1.82, 2.24) is 4.57 Å². The Kier molecular flexibility index (Phi) is 2.39. The molecule has 0 aliphatic carbocycles. The number of aryl methyl sites for hydroxylation is 1. The summed E-state index contributed by atoms with van der Waals surface area (Å²) in [5, 5.41) is 10.4. The Morgan fingerprint density at radius 2 is 1.89 bits per heavy atom. The molecular formula is C16H12N2. The number of hydrogen-bond acceptors (Lipinski definition) is 1. The van der Waals surface area contributed by atoms with E-state index in [1.165, 1.54) is 10.9 Å². The second-order valence-electron chi connectivity index (χ2n) is 4.38. The number of nitrogens with zero attached hydrogens (tertiary/aromatic N) is 2. The predicted octanol–water partition coefficient (Wildman–Crippen LogP) is 3.81. The highest BCUT2D eigenvalue weighted by molar-refractivity contribution is 5.83. The van der Waals surface area contributed by atoms with Crippen molar-refractivity contribution in [3.05, 3.63) is 65.9 Å². The molecule has 3 rings (SSSR count). The van der Waals surface area contributed by atoms with Crippen LogP contribution in [0.1, 0.15) is 11.1 Å². The molecule has 0 saturated carbocycles. The van der Waals surface area contributed by atoms with Crippen molar-refractivity contribution in [3.63, 3.8) is 0 Å². The zero-order valence-electron chi connectivity index (χ0n) is 10.1. The second-order valence-corrected chi connectivity index (χ2v) is 4.38. The average Bonchev–Trinajstić information content (AvgIpc) is 2.81. The topological polar surface area (TPSA) is 28.7 Å². The fourth-order valence-electron chi connectivity index (χ4n) is 2.23. The van der Waals surface area contributed by atoms with Crippen LogP contribution in [-0.4, -0.2) is 4.57 Å². The van der Waals surface area contributed by atoms with Gasteiger partial charge in [0.2, 0.25) is 0 Å². The van der Waals surface area contributed by atoms with Crippen LogP contribution in [0, 0.1) is 18.3 Å². The Hall–Kier alpha value is -2.53. The van der Waals surface area contributed by atoms with Gasteiger partial charge in [0.05, 0.1) is 16.8 Å². The van der Waals surface area contributed by atoms with Gasteiger partial charge in [-0.2, -0.15) is 5.26 Å². The monoisotopic (exact) mass is 232 g/mol. The van der Waals surface area contributed by atoms with E-state index in [2.05, 4.69) is 41.8 Å². The van der Waals surface area contributed by atoms with Gasteiger partial charge in [-0.1, -0.05) is 24.3 Å². The maximum Gasteiger partial charge on any atom is 0.101 e. The molecule has 0 saturated heterocycles. The van der Waals surface area contributed by atoms with E-state index in [1.807, 2.05) is 30.5 Å². The van der Waals surface area contributed by atoms with Crippen LogP contribution in [0.3, 0.4) is 0 Å². The second kappa shape index (κ2) is 4.05. The van der Waals surface area contributed by atoms with Crippen LogP contribution in [0.4, 0.5) is 0 Å². The lowest BCUT2D eigenvalue weighted by molar-refractivity contribution is 1.12. The molecule has 2 heteroatoms. The van der Waals surface area contributed by atoms with Crippen LogP contribution in [0.15, 0.2) is 54.7 Å². The van der Waals surface area contributed by atoms with Gasteiger partial charge in [0.1, 0.15) is 6.07 Å². The van der Waals surface area contributed by atoms with Crippen molar-refractivity contribution in [2.45, 2.75) is 6.92 Å². The van der Waals surface area contributed by atoms with Crippen LogP contribution in [0.25, 0.3) is 16.6 Å². The molecule has 0 aliphatic rings. The normalized spacial score (nSPS) is 10.4. The van der Waals surface area contributed by atoms with Crippen molar-refractivity contribution in [1.29, 1.82) is 5.26 Å². The van der Waals surface area contributed by atoms with Crippen molar-refractivity contribution >= 4 is 10.9 Å². The van der Waals surface area contributed by atoms with Gasteiger partial charge in [0.15, 0.2) is 0 Å². The Bertz CT molecular complexity index is 760. The lowest BCUT2D eigenvalue weighted by Crippen LogP contribution is -1.95. The molecule has 18 heavy (non-hydrogen) atoms. The number of nitriles is 1. The minimum atomic E-state index is 0.691. The Balaban J connectivity index is 2.32. The molecule has 2 nitrogen and oxygen atoms in total. The van der Waals surface area contributed by atoms with Gasteiger partial charge in [0, 0.05) is 6.20 Å². The molecule has 1 heterocycles. The van der Waals surface area contributed by atoms with E-state index in [1.54, 1.807) is 0 Å². The summed E-state index contributed by atoms with van der Waals surface area (Å²) in [6.07, 6.45) is 2.01. The maximum atomic E-state index is 9.18. The summed E-state index contributed by atoms with van der Waals surface area (Å²) in [6, 6.07) is 18.3. The maximum absolute atomic E-state index is 9.18. The highest BCUT2D eigenvalue weighted by atomic mass is 15.0. The smallest absolute Gasteiger partial charge is 0.101 e. The molecule has 3 aromatic rings. The number of rotatable bonds is 1. The van der Waals surface area contributed by atoms with Gasteiger partial charge in [-0.25, -0.2) is 0 Å². The number of aromatic nitrogens is 1. The lowest BCUT2D eigenvalue weighted by Gasteiger charge is -2.07. The van der Waals surface area contributed by atoms with E-state index >= 15 is 0 Å². The first-order chi connectivity index (χ1) is 8.79. The van der Waals surface area contributed by atoms with Gasteiger partial charge >= 0.3 is 0 Å². The molecular weight excluding hydrogens is 220 g/mol. The number of fused-ring (bicyclic) bond motifs is 1. The van der Waals surface area contributed by atoms with E-state index in [0.717, 1.165) is 11.2 Å². The molecule has 0 spiro atoms. The summed E-state index contributed by atoms with van der Waals surface area (Å²) < 4.78 is 2.07. The van der Waals surface area contributed by atoms with Crippen LogP contribution < -0.4 is 0 Å². The third-order valence-corrected chi connectivity index (χ3v) is 3.13. The average molecular weight is 232 g/mol. The molecule has 0 atom stereocenters. The van der Waals surface area contributed by atoms with E-state index in [4.69, 9.17) is 0 Å². The van der Waals surface area contributed by atoms with Crippen molar-refractivity contribution in [3.8, 4) is 11.8 Å². The summed E-state index contributed by atoms with van der Waals surface area (Å²) >= 11 is 0. The first-order valence-electron chi connectivity index (χ1n) is 5.87. The first-order valence-corrected chi connectivity index (χ1v) is 5.87. The predicted molar refractivity (Wildman–Crippen MR) is 72.7 cm³/mol. The van der Waals surface area contributed by atoms with Crippen LogP contribution in [-0.2, 0) is 0 Å². The SMILES string of the molecule is Cc1ccc2ccn(-c3ccccc3C#N)c2c1. The van der Waals surface area contributed by atoms with Gasteiger partial charge < -0.3 is 4.57 Å². The summed E-state index contributed by atoms with van der Waals surface area (Å²) in [7, 11) is 0. The van der Waals surface area contributed by atoms with Gasteiger partial charge in [0.25, 0.3) is 0 Å². The third-order valence-electron chi connectivity index (χ3n) is 3.13. The largest absolute Gasteiger partial charge is 0.315 e. The van der Waals surface area contributed by atoms with E-state index in [9.17, 15) is 5.26 Å². The zero-order valence-corrected chi connectivity index (χ0v) is 10.1. The Labute approximate surface area is 106 Å². The molecule has 0 fully saturated rings. The zero-order chi connectivity index (χ0) is 12.5. The molecule has 0 radical (unpaired) electrons. The van der Waals surface area contributed by atoms with Crippen molar-refractivity contribution in [2.75, 3.05) is 0 Å². The van der Waals surface area contributed by atoms with Crippen molar-refractivity contribution < 1.29 is 0 Å². The minimum Gasteiger partial charge on any atom is -0.315 e. The van der Waals surface area contributed by atoms with Gasteiger partial charge in [-0.15, -0.1) is 0 Å². The summed E-state index contributed by atoms with van der Waals surface area (Å²) in [6.45, 7) is 2.08. The third kappa shape index (κ3) is 1.57. The van der Waals surface area contributed by atoms with Crippen LogP contribution >= 0.6 is 0 Å². The highest BCUT2D eigenvalue weighted by Gasteiger charge is 2.06. The van der Waals surface area contributed by atoms with Crippen LogP contribution in [0.5, 0.6) is 0 Å². The number of hydrogen-bond donors (Lipinski definition) is 0. The lowest BCUT2D eigenvalue weighted by atomic mass is 10.1. The Morgan fingerprint density at radius 3 is 2.72 bits per heavy atom. The minimum absolute atomic E-state index is 0.691. The summed E-state index contributed by atoms with van der Waals surface area (Å²) in [5.74, 6) is 0. The molecule has 0 N–H and O–H groups in total. The van der Waals surface area contributed by atoms with Gasteiger partial charge in [-0.05, 0) is 42.1 Å². The fourth-order valence-corrected chi connectivity index (χ4v) is 2.23. The van der Waals surface area contributed by atoms with E-state index < -0.39 is 0 Å². The summed E-state index contributed by atoms with van der Waals surface area (Å²) in [4.78, 5) is 0. The standard InChI is InChI=1S/C16H12N2/c1-12-6-7-13-8-9-18(16(13)10-12)15-5-3-2-4-14(15)11-17/h2-10H,1H3. The highest BCUT2D eigenvalue weighted by Crippen LogP contribution is 2.23. The summed E-state index contributed by atoms with van der Waals surface area (Å²) in [5.41, 5.74) is 3.98. The molecule has 0 aliphatic heterocycles. The molecule has 0 bridgehead atoms. The van der Waals surface area contributed by atoms with Gasteiger partial charge in [-0.3, -0.25) is 0 Å². The molecule has 0 unspecified atom stereocenters. The van der Waals surface area contributed by atoms with Crippen LogP contribution in [0.2, 0.25) is 0 Å². The number of para-hydroxylation sites is 1. The first kappa shape index (κ1) is 10.6. The quantitative estimate of drug-likeness (QED) is 0.627. The van der Waals surface area contributed by atoms with E-state index in [-0.39, 0.29) is 0 Å². The van der Waals surface area contributed by atoms with E-state index in [0.29, 0.717) is 5.56 Å². The fraction of sp³-hybridized carbons (Fsp3) is 0.0625. The molecule has 86 valence electrons. The number of benzene rings is 2. The Morgan fingerprint density at radius 1 is 1.06 bits per heavy atom.